The smallest absolute Gasteiger partial charge is 0.160 e. The standard InChI is InChI=1S/C10H17FO2/c1-3-13-10(12-2)8-4-6-9(11)7-5-8/h6,8,10H,3-5,7H2,1-2H3. The zero-order chi connectivity index (χ0) is 9.68. The van der Waals surface area contributed by atoms with Gasteiger partial charge in [-0.05, 0) is 26.2 Å². The highest BCUT2D eigenvalue weighted by molar-refractivity contribution is 4.98. The van der Waals surface area contributed by atoms with Gasteiger partial charge in [0, 0.05) is 19.6 Å². The summed E-state index contributed by atoms with van der Waals surface area (Å²) in [5, 5.41) is 0. The molecule has 0 aromatic heterocycles. The van der Waals surface area contributed by atoms with Crippen molar-refractivity contribution in [2.45, 2.75) is 32.5 Å². The number of hydrogen-bond donors (Lipinski definition) is 0. The van der Waals surface area contributed by atoms with Gasteiger partial charge in [-0.25, -0.2) is 4.39 Å². The Morgan fingerprint density at radius 3 is 2.92 bits per heavy atom. The van der Waals surface area contributed by atoms with Crippen LogP contribution in [0, 0.1) is 5.92 Å². The number of allylic oxidation sites excluding steroid dienone is 2. The lowest BCUT2D eigenvalue weighted by molar-refractivity contribution is -0.154. The molecule has 0 spiro atoms. The maximum atomic E-state index is 12.7. The van der Waals surface area contributed by atoms with Crippen LogP contribution < -0.4 is 0 Å². The van der Waals surface area contributed by atoms with E-state index in [0.717, 1.165) is 12.8 Å². The molecule has 3 heteroatoms. The highest BCUT2D eigenvalue weighted by Gasteiger charge is 2.23. The average molecular weight is 188 g/mol. The molecule has 1 aliphatic rings. The Hall–Kier alpha value is -0.410. The SMILES string of the molecule is CCOC(OC)C1CC=C(F)CC1. The lowest BCUT2D eigenvalue weighted by atomic mass is 9.93. The van der Waals surface area contributed by atoms with Crippen molar-refractivity contribution < 1.29 is 13.9 Å². The van der Waals surface area contributed by atoms with Crippen LogP contribution >= 0.6 is 0 Å². The summed E-state index contributed by atoms with van der Waals surface area (Å²) in [6.45, 7) is 2.58. The topological polar surface area (TPSA) is 18.5 Å². The molecular formula is C10H17FO2. The molecule has 0 N–H and O–H groups in total. The van der Waals surface area contributed by atoms with E-state index in [4.69, 9.17) is 9.47 Å². The average Bonchev–Trinajstić information content (AvgIpc) is 2.16. The normalized spacial score (nSPS) is 25.5. The fourth-order valence-electron chi connectivity index (χ4n) is 1.63. The quantitative estimate of drug-likeness (QED) is 0.631. The number of methoxy groups -OCH3 is 1. The Balaban J connectivity index is 2.42. The number of halogens is 1. The van der Waals surface area contributed by atoms with E-state index in [0.29, 0.717) is 18.9 Å². The van der Waals surface area contributed by atoms with Gasteiger partial charge in [-0.1, -0.05) is 6.08 Å². The molecule has 0 bridgehead atoms. The molecule has 2 nitrogen and oxygen atoms in total. The Kier molecular flexibility index (Phi) is 4.39. The highest BCUT2D eigenvalue weighted by Crippen LogP contribution is 2.28. The Labute approximate surface area is 78.7 Å². The summed E-state index contributed by atoms with van der Waals surface area (Å²) in [6.07, 6.45) is 3.54. The third kappa shape index (κ3) is 3.08. The predicted octanol–water partition coefficient (Wildman–Crippen LogP) is 2.65. The lowest BCUT2D eigenvalue weighted by Crippen LogP contribution is -2.27. The fraction of sp³-hybridized carbons (Fsp3) is 0.800. The Bertz CT molecular complexity index is 180. The van der Waals surface area contributed by atoms with E-state index in [1.54, 1.807) is 13.2 Å². The van der Waals surface area contributed by atoms with Gasteiger partial charge in [0.05, 0.1) is 5.83 Å². The van der Waals surface area contributed by atoms with Crippen LogP contribution in [-0.2, 0) is 9.47 Å². The predicted molar refractivity (Wildman–Crippen MR) is 49.0 cm³/mol. The maximum Gasteiger partial charge on any atom is 0.160 e. The monoisotopic (exact) mass is 188 g/mol. The van der Waals surface area contributed by atoms with E-state index >= 15 is 0 Å². The van der Waals surface area contributed by atoms with Crippen molar-refractivity contribution in [2.24, 2.45) is 5.92 Å². The van der Waals surface area contributed by atoms with Gasteiger partial charge >= 0.3 is 0 Å². The van der Waals surface area contributed by atoms with Crippen LogP contribution in [0.3, 0.4) is 0 Å². The molecule has 0 aromatic carbocycles. The second-order valence-corrected chi connectivity index (χ2v) is 3.24. The van der Waals surface area contributed by atoms with Crippen LogP contribution in [0.15, 0.2) is 11.9 Å². The van der Waals surface area contributed by atoms with E-state index in [2.05, 4.69) is 0 Å². The van der Waals surface area contributed by atoms with Gasteiger partial charge in [0.15, 0.2) is 6.29 Å². The molecule has 2 atom stereocenters. The van der Waals surface area contributed by atoms with Crippen LogP contribution in [0.5, 0.6) is 0 Å². The number of hydrogen-bond acceptors (Lipinski definition) is 2. The minimum Gasteiger partial charge on any atom is -0.356 e. The van der Waals surface area contributed by atoms with Crippen molar-refractivity contribution in [2.75, 3.05) is 13.7 Å². The molecule has 0 saturated carbocycles. The van der Waals surface area contributed by atoms with Gasteiger partial charge in [0.1, 0.15) is 0 Å². The van der Waals surface area contributed by atoms with Crippen LogP contribution in [-0.4, -0.2) is 20.0 Å². The minimum atomic E-state index is -0.172. The van der Waals surface area contributed by atoms with E-state index in [1.807, 2.05) is 6.92 Å². The zero-order valence-corrected chi connectivity index (χ0v) is 8.25. The van der Waals surface area contributed by atoms with Gasteiger partial charge in [-0.3, -0.25) is 0 Å². The summed E-state index contributed by atoms with van der Waals surface area (Å²) < 4.78 is 23.3. The van der Waals surface area contributed by atoms with Crippen molar-refractivity contribution in [3.05, 3.63) is 11.9 Å². The summed E-state index contributed by atoms with van der Waals surface area (Å²) >= 11 is 0. The molecule has 1 aliphatic carbocycles. The molecule has 13 heavy (non-hydrogen) atoms. The third-order valence-electron chi connectivity index (χ3n) is 2.34. The molecule has 1 rings (SSSR count). The Morgan fingerprint density at radius 2 is 2.46 bits per heavy atom. The summed E-state index contributed by atoms with van der Waals surface area (Å²) in [5.41, 5.74) is 0. The van der Waals surface area contributed by atoms with Crippen molar-refractivity contribution in [3.63, 3.8) is 0 Å². The van der Waals surface area contributed by atoms with Crippen LogP contribution in [0.25, 0.3) is 0 Å². The van der Waals surface area contributed by atoms with Crippen molar-refractivity contribution in [1.82, 2.24) is 0 Å². The van der Waals surface area contributed by atoms with Crippen molar-refractivity contribution >= 4 is 0 Å². The minimum absolute atomic E-state index is 0.00241. The second kappa shape index (κ2) is 5.35. The van der Waals surface area contributed by atoms with E-state index in [-0.39, 0.29) is 12.1 Å². The van der Waals surface area contributed by atoms with Crippen LogP contribution in [0.2, 0.25) is 0 Å². The largest absolute Gasteiger partial charge is 0.356 e. The van der Waals surface area contributed by atoms with Gasteiger partial charge in [-0.15, -0.1) is 0 Å². The van der Waals surface area contributed by atoms with Gasteiger partial charge in [0.25, 0.3) is 0 Å². The summed E-state index contributed by atoms with van der Waals surface area (Å²) in [7, 11) is 1.63. The second-order valence-electron chi connectivity index (χ2n) is 3.24. The molecule has 0 heterocycles. The molecular weight excluding hydrogens is 171 g/mol. The first-order chi connectivity index (χ1) is 6.27. The molecule has 0 aromatic rings. The fourth-order valence-corrected chi connectivity index (χ4v) is 1.63. The molecule has 0 aliphatic heterocycles. The number of ether oxygens (including phenoxy) is 2. The molecule has 76 valence electrons. The number of rotatable bonds is 4. The van der Waals surface area contributed by atoms with Crippen molar-refractivity contribution in [1.29, 1.82) is 0 Å². The zero-order valence-electron chi connectivity index (χ0n) is 8.25. The molecule has 0 fully saturated rings. The first-order valence-corrected chi connectivity index (χ1v) is 4.76. The van der Waals surface area contributed by atoms with Crippen LogP contribution in [0.1, 0.15) is 26.2 Å². The van der Waals surface area contributed by atoms with E-state index < -0.39 is 0 Å². The maximum absolute atomic E-state index is 12.7. The summed E-state index contributed by atoms with van der Waals surface area (Å²) in [6, 6.07) is 0. The highest BCUT2D eigenvalue weighted by atomic mass is 19.1. The first kappa shape index (κ1) is 10.7. The van der Waals surface area contributed by atoms with Gasteiger partial charge < -0.3 is 9.47 Å². The molecule has 0 radical (unpaired) electrons. The molecule has 0 saturated heterocycles. The first-order valence-electron chi connectivity index (χ1n) is 4.76. The molecule has 2 unspecified atom stereocenters. The summed E-state index contributed by atoms with van der Waals surface area (Å²) in [4.78, 5) is 0. The lowest BCUT2D eigenvalue weighted by Gasteiger charge is -2.26. The van der Waals surface area contributed by atoms with Gasteiger partial charge in [-0.2, -0.15) is 0 Å². The van der Waals surface area contributed by atoms with Crippen LogP contribution in [0.4, 0.5) is 4.39 Å². The summed E-state index contributed by atoms with van der Waals surface area (Å²) in [5.74, 6) is 0.312. The van der Waals surface area contributed by atoms with Crippen molar-refractivity contribution in [3.8, 4) is 0 Å². The third-order valence-corrected chi connectivity index (χ3v) is 2.34. The van der Waals surface area contributed by atoms with E-state index in [1.165, 1.54) is 0 Å². The van der Waals surface area contributed by atoms with Gasteiger partial charge in [0.2, 0.25) is 0 Å². The molecule has 0 amide bonds. The van der Waals surface area contributed by atoms with E-state index in [9.17, 15) is 4.39 Å². The Morgan fingerprint density at radius 1 is 1.69 bits per heavy atom.